The number of nitrogens with one attached hydrogen (secondary N) is 1. The molecule has 0 unspecified atom stereocenters. The summed E-state index contributed by atoms with van der Waals surface area (Å²) >= 11 is 0. The van der Waals surface area contributed by atoms with Crippen LogP contribution in [-0.2, 0) is 13.5 Å². The van der Waals surface area contributed by atoms with Gasteiger partial charge in [-0.15, -0.1) is 0 Å². The summed E-state index contributed by atoms with van der Waals surface area (Å²) < 4.78 is 6.26. The molecule has 7 nitrogen and oxygen atoms in total. The van der Waals surface area contributed by atoms with E-state index >= 15 is 0 Å². The molecule has 0 fully saturated rings. The molecule has 3 N–H and O–H groups in total. The smallest absolute Gasteiger partial charge is 0.267 e. The Morgan fingerprint density at radius 1 is 1.65 bits per heavy atom. The van der Waals surface area contributed by atoms with E-state index in [9.17, 15) is 4.79 Å². The molecule has 0 aromatic carbocycles. The number of aromatic nitrogens is 3. The number of nitrogens with zero attached hydrogens (tertiary/aromatic N) is 3. The zero-order valence-corrected chi connectivity index (χ0v) is 9.38. The third kappa shape index (κ3) is 2.63. The summed E-state index contributed by atoms with van der Waals surface area (Å²) in [6, 6.07) is 1.63. The van der Waals surface area contributed by atoms with E-state index in [4.69, 9.17) is 5.73 Å². The van der Waals surface area contributed by atoms with Crippen LogP contribution in [0.4, 0.5) is 5.69 Å². The molecule has 0 aliphatic rings. The van der Waals surface area contributed by atoms with Crippen LogP contribution in [-0.4, -0.2) is 27.2 Å². The first-order chi connectivity index (χ1) is 8.16. The van der Waals surface area contributed by atoms with E-state index in [0.29, 0.717) is 30.2 Å². The van der Waals surface area contributed by atoms with Gasteiger partial charge >= 0.3 is 0 Å². The lowest BCUT2D eigenvalue weighted by atomic mass is 10.3. The van der Waals surface area contributed by atoms with Gasteiger partial charge in [0.05, 0.1) is 5.69 Å². The second kappa shape index (κ2) is 4.69. The zero-order valence-electron chi connectivity index (χ0n) is 9.38. The fourth-order valence-electron chi connectivity index (χ4n) is 1.50. The van der Waals surface area contributed by atoms with Gasteiger partial charge in [0.15, 0.2) is 5.82 Å². The molecule has 1 amide bonds. The SMILES string of the molecule is Cn1cc(N)cc1C(=O)NCCc1ncon1. The fraction of sp³-hybridized carbons (Fsp3) is 0.300. The van der Waals surface area contributed by atoms with Crippen LogP contribution in [0.1, 0.15) is 16.3 Å². The largest absolute Gasteiger partial charge is 0.397 e. The van der Waals surface area contributed by atoms with Gasteiger partial charge in [-0.3, -0.25) is 4.79 Å². The Balaban J connectivity index is 1.87. The van der Waals surface area contributed by atoms with Crippen LogP contribution in [0.15, 0.2) is 23.2 Å². The van der Waals surface area contributed by atoms with Crippen LogP contribution in [0.2, 0.25) is 0 Å². The predicted octanol–water partition coefficient (Wildman–Crippen LogP) is -0.0372. The molecule has 0 radical (unpaired) electrons. The molecule has 0 bridgehead atoms. The summed E-state index contributed by atoms with van der Waals surface area (Å²) in [4.78, 5) is 15.6. The Kier molecular flexibility index (Phi) is 3.08. The second-order valence-corrected chi connectivity index (χ2v) is 3.62. The van der Waals surface area contributed by atoms with Crippen molar-refractivity contribution >= 4 is 11.6 Å². The van der Waals surface area contributed by atoms with E-state index in [2.05, 4.69) is 20.0 Å². The van der Waals surface area contributed by atoms with E-state index < -0.39 is 0 Å². The molecule has 7 heteroatoms. The van der Waals surface area contributed by atoms with Crippen molar-refractivity contribution in [3.05, 3.63) is 30.2 Å². The minimum atomic E-state index is -0.173. The first-order valence-electron chi connectivity index (χ1n) is 5.12. The minimum absolute atomic E-state index is 0.173. The third-order valence-corrected chi connectivity index (χ3v) is 2.30. The molecule has 2 rings (SSSR count). The monoisotopic (exact) mass is 235 g/mol. The maximum Gasteiger partial charge on any atom is 0.267 e. The Hall–Kier alpha value is -2.31. The number of hydrogen-bond acceptors (Lipinski definition) is 5. The molecule has 0 atom stereocenters. The molecule has 0 spiro atoms. The molecule has 0 aliphatic carbocycles. The summed E-state index contributed by atoms with van der Waals surface area (Å²) in [6.07, 6.45) is 3.48. The second-order valence-electron chi connectivity index (χ2n) is 3.62. The van der Waals surface area contributed by atoms with Crippen LogP contribution in [0, 0.1) is 0 Å². The highest BCUT2D eigenvalue weighted by Crippen LogP contribution is 2.08. The average Bonchev–Trinajstić information content (AvgIpc) is 2.88. The molecular formula is C10H13N5O2. The highest BCUT2D eigenvalue weighted by molar-refractivity contribution is 5.93. The van der Waals surface area contributed by atoms with Crippen molar-refractivity contribution in [2.24, 2.45) is 7.05 Å². The highest BCUT2D eigenvalue weighted by atomic mass is 16.5. The summed E-state index contributed by atoms with van der Waals surface area (Å²) in [5.41, 5.74) is 6.68. The number of carbonyl (C=O) groups excluding carboxylic acids is 1. The zero-order chi connectivity index (χ0) is 12.3. The maximum absolute atomic E-state index is 11.8. The average molecular weight is 235 g/mol. The van der Waals surface area contributed by atoms with Crippen molar-refractivity contribution in [2.75, 3.05) is 12.3 Å². The maximum atomic E-state index is 11.8. The topological polar surface area (TPSA) is 99.0 Å². The number of nitrogen functional groups attached to an aromatic ring is 1. The lowest BCUT2D eigenvalue weighted by Gasteiger charge is -2.04. The van der Waals surface area contributed by atoms with Crippen LogP contribution in [0.25, 0.3) is 0 Å². The summed E-state index contributed by atoms with van der Waals surface area (Å²) in [6.45, 7) is 0.448. The van der Waals surface area contributed by atoms with E-state index in [-0.39, 0.29) is 5.91 Å². The van der Waals surface area contributed by atoms with E-state index in [1.807, 2.05) is 0 Å². The van der Waals surface area contributed by atoms with Crippen LogP contribution >= 0.6 is 0 Å². The van der Waals surface area contributed by atoms with Crippen molar-refractivity contribution < 1.29 is 9.32 Å². The van der Waals surface area contributed by atoms with Gasteiger partial charge in [0.25, 0.3) is 5.91 Å². The summed E-state index contributed by atoms with van der Waals surface area (Å²) in [7, 11) is 1.77. The van der Waals surface area contributed by atoms with Crippen LogP contribution < -0.4 is 11.1 Å². The molecule has 90 valence electrons. The molecule has 0 aliphatic heterocycles. The van der Waals surface area contributed by atoms with Crippen molar-refractivity contribution in [1.82, 2.24) is 20.0 Å². The molecule has 2 aromatic heterocycles. The normalized spacial score (nSPS) is 10.4. The van der Waals surface area contributed by atoms with Crippen molar-refractivity contribution in [1.29, 1.82) is 0 Å². The van der Waals surface area contributed by atoms with Gasteiger partial charge in [-0.1, -0.05) is 5.16 Å². The summed E-state index contributed by atoms with van der Waals surface area (Å²) in [5.74, 6) is 0.393. The van der Waals surface area contributed by atoms with E-state index in [0.717, 1.165) is 0 Å². The minimum Gasteiger partial charge on any atom is -0.397 e. The highest BCUT2D eigenvalue weighted by Gasteiger charge is 2.10. The number of aryl methyl sites for hydroxylation is 1. The molecular weight excluding hydrogens is 222 g/mol. The van der Waals surface area contributed by atoms with Gasteiger partial charge in [-0.05, 0) is 6.07 Å². The number of hydrogen-bond donors (Lipinski definition) is 2. The first kappa shape index (κ1) is 11.2. The Labute approximate surface area is 97.6 Å². The van der Waals surface area contributed by atoms with Gasteiger partial charge in [0, 0.05) is 26.2 Å². The van der Waals surface area contributed by atoms with Gasteiger partial charge in [0.1, 0.15) is 5.69 Å². The molecule has 2 heterocycles. The van der Waals surface area contributed by atoms with Crippen molar-refractivity contribution in [3.63, 3.8) is 0 Å². The van der Waals surface area contributed by atoms with E-state index in [1.54, 1.807) is 23.9 Å². The first-order valence-corrected chi connectivity index (χ1v) is 5.12. The predicted molar refractivity (Wildman–Crippen MR) is 60.2 cm³/mol. The lowest BCUT2D eigenvalue weighted by Crippen LogP contribution is -2.27. The van der Waals surface area contributed by atoms with Crippen LogP contribution in [0.3, 0.4) is 0 Å². The number of rotatable bonds is 4. The van der Waals surface area contributed by atoms with Crippen LogP contribution in [0.5, 0.6) is 0 Å². The number of carbonyl (C=O) groups is 1. The fourth-order valence-corrected chi connectivity index (χ4v) is 1.50. The lowest BCUT2D eigenvalue weighted by molar-refractivity contribution is 0.0946. The van der Waals surface area contributed by atoms with Gasteiger partial charge < -0.3 is 20.1 Å². The van der Waals surface area contributed by atoms with Gasteiger partial charge in [-0.2, -0.15) is 4.98 Å². The Morgan fingerprint density at radius 2 is 2.47 bits per heavy atom. The number of nitrogens with two attached hydrogens (primary N) is 1. The van der Waals surface area contributed by atoms with Gasteiger partial charge in [0.2, 0.25) is 6.39 Å². The third-order valence-electron chi connectivity index (χ3n) is 2.30. The molecule has 0 saturated carbocycles. The van der Waals surface area contributed by atoms with Gasteiger partial charge in [-0.25, -0.2) is 0 Å². The van der Waals surface area contributed by atoms with Crippen molar-refractivity contribution in [2.45, 2.75) is 6.42 Å². The number of amides is 1. The number of anilines is 1. The Morgan fingerprint density at radius 3 is 3.06 bits per heavy atom. The Bertz CT molecular complexity index is 503. The molecule has 2 aromatic rings. The summed E-state index contributed by atoms with van der Waals surface area (Å²) in [5, 5.41) is 6.40. The molecule has 17 heavy (non-hydrogen) atoms. The standard InChI is InChI=1S/C10H13N5O2/c1-15-5-7(11)4-8(15)10(16)12-3-2-9-13-6-17-14-9/h4-6H,2-3,11H2,1H3,(H,12,16). The quantitative estimate of drug-likeness (QED) is 0.774. The van der Waals surface area contributed by atoms with Crippen molar-refractivity contribution in [3.8, 4) is 0 Å². The van der Waals surface area contributed by atoms with E-state index in [1.165, 1.54) is 6.39 Å². The molecule has 0 saturated heterocycles.